The summed E-state index contributed by atoms with van der Waals surface area (Å²) < 4.78 is 0. The Morgan fingerprint density at radius 2 is 2.05 bits per heavy atom. The summed E-state index contributed by atoms with van der Waals surface area (Å²) in [6.45, 7) is 1.74. The minimum Gasteiger partial charge on any atom is -0.437 e. The number of rotatable bonds is 5. The third-order valence-electron chi connectivity index (χ3n) is 3.59. The molecule has 1 saturated carbocycles. The number of aldehydes is 1. The van der Waals surface area contributed by atoms with Gasteiger partial charge < -0.3 is 15.6 Å². The molecule has 0 amide bonds. The third kappa shape index (κ3) is 4.20. The Balaban J connectivity index is 1.92. The van der Waals surface area contributed by atoms with Gasteiger partial charge in [-0.25, -0.2) is 4.98 Å². The first-order valence-electron chi connectivity index (χ1n) is 6.90. The average molecular weight is 296 g/mol. The highest BCUT2D eigenvalue weighted by molar-refractivity contribution is 6.45. The molecular formula is C13H19BClN3O2. The Bertz CT molecular complexity index is 465. The van der Waals surface area contributed by atoms with Gasteiger partial charge in [0.05, 0.1) is 5.56 Å². The van der Waals surface area contributed by atoms with Crippen molar-refractivity contribution in [3.63, 3.8) is 0 Å². The molecule has 1 aliphatic carbocycles. The molecule has 1 aromatic heterocycles. The molecule has 1 aliphatic rings. The Kier molecular flexibility index (Phi) is 5.40. The van der Waals surface area contributed by atoms with E-state index in [1.165, 1.54) is 6.20 Å². The van der Waals surface area contributed by atoms with Crippen LogP contribution in [0.4, 0.5) is 5.69 Å². The highest BCUT2D eigenvalue weighted by atomic mass is 35.5. The minimum absolute atomic E-state index is 0.319. The first-order valence-corrected chi connectivity index (χ1v) is 7.27. The number of carbonyl (C=O) groups is 1. The van der Waals surface area contributed by atoms with Crippen molar-refractivity contribution < 1.29 is 9.82 Å². The molecule has 0 bridgehead atoms. The molecule has 5 nitrogen and oxygen atoms in total. The van der Waals surface area contributed by atoms with Gasteiger partial charge in [0.15, 0.2) is 6.29 Å². The maximum Gasteiger partial charge on any atom is 0.373 e. The SMILES string of the molecule is CB(O)NC1CCC(Nc2cc(Cl)ncc2C=O)CC1. The first-order chi connectivity index (χ1) is 9.58. The number of nitrogens with zero attached hydrogens (tertiary/aromatic N) is 1. The number of hydrogen-bond donors (Lipinski definition) is 3. The molecule has 0 aromatic carbocycles. The molecule has 0 atom stereocenters. The second kappa shape index (κ2) is 7.06. The zero-order valence-electron chi connectivity index (χ0n) is 11.5. The Labute approximate surface area is 124 Å². The molecular weight excluding hydrogens is 276 g/mol. The van der Waals surface area contributed by atoms with Crippen molar-refractivity contribution in [3.8, 4) is 0 Å². The van der Waals surface area contributed by atoms with E-state index in [1.54, 1.807) is 12.9 Å². The molecule has 7 heteroatoms. The van der Waals surface area contributed by atoms with Crippen LogP contribution >= 0.6 is 11.6 Å². The average Bonchev–Trinajstić information content (AvgIpc) is 2.41. The van der Waals surface area contributed by atoms with Crippen molar-refractivity contribution in [1.82, 2.24) is 10.2 Å². The fourth-order valence-corrected chi connectivity index (χ4v) is 2.78. The highest BCUT2D eigenvalue weighted by Crippen LogP contribution is 2.25. The lowest BCUT2D eigenvalue weighted by Gasteiger charge is -2.31. The van der Waals surface area contributed by atoms with Gasteiger partial charge in [-0.3, -0.25) is 4.79 Å². The zero-order valence-corrected chi connectivity index (χ0v) is 12.2. The largest absolute Gasteiger partial charge is 0.437 e. The number of pyridine rings is 1. The van der Waals surface area contributed by atoms with E-state index in [-0.39, 0.29) is 0 Å². The monoisotopic (exact) mass is 295 g/mol. The number of carbonyl (C=O) groups excluding carboxylic acids is 1. The van der Waals surface area contributed by atoms with E-state index in [0.717, 1.165) is 37.7 Å². The van der Waals surface area contributed by atoms with Crippen molar-refractivity contribution in [3.05, 3.63) is 23.0 Å². The van der Waals surface area contributed by atoms with Crippen LogP contribution in [0, 0.1) is 0 Å². The van der Waals surface area contributed by atoms with Crippen molar-refractivity contribution >= 4 is 30.6 Å². The lowest BCUT2D eigenvalue weighted by molar-refractivity contribution is 0.112. The normalized spacial score (nSPS) is 22.4. The molecule has 0 saturated heterocycles. The van der Waals surface area contributed by atoms with E-state index in [1.807, 2.05) is 0 Å². The Morgan fingerprint density at radius 1 is 1.40 bits per heavy atom. The number of halogens is 1. The minimum atomic E-state index is -0.467. The molecule has 1 fully saturated rings. The molecule has 3 N–H and O–H groups in total. The lowest BCUT2D eigenvalue weighted by Crippen LogP contribution is -2.43. The van der Waals surface area contributed by atoms with E-state index < -0.39 is 7.05 Å². The summed E-state index contributed by atoms with van der Waals surface area (Å²) in [6.07, 6.45) is 6.24. The Morgan fingerprint density at radius 3 is 2.65 bits per heavy atom. The van der Waals surface area contributed by atoms with Gasteiger partial charge in [0.1, 0.15) is 5.15 Å². The summed E-state index contributed by atoms with van der Waals surface area (Å²) >= 11 is 5.87. The van der Waals surface area contributed by atoms with Gasteiger partial charge in [-0.2, -0.15) is 0 Å². The molecule has 0 unspecified atom stereocenters. The molecule has 0 radical (unpaired) electrons. The zero-order chi connectivity index (χ0) is 14.5. The van der Waals surface area contributed by atoms with Crippen LogP contribution in [0.25, 0.3) is 0 Å². The van der Waals surface area contributed by atoms with Crippen LogP contribution in [0.1, 0.15) is 36.0 Å². The summed E-state index contributed by atoms with van der Waals surface area (Å²) in [6, 6.07) is 2.37. The van der Waals surface area contributed by atoms with Gasteiger partial charge in [0.25, 0.3) is 0 Å². The molecule has 0 aliphatic heterocycles. The lowest BCUT2D eigenvalue weighted by atomic mass is 9.82. The van der Waals surface area contributed by atoms with Gasteiger partial charge >= 0.3 is 7.05 Å². The summed E-state index contributed by atoms with van der Waals surface area (Å²) in [5.41, 5.74) is 1.27. The van der Waals surface area contributed by atoms with Gasteiger partial charge in [-0.05, 0) is 44.6 Å². The van der Waals surface area contributed by atoms with Crippen LogP contribution in [-0.2, 0) is 0 Å². The van der Waals surface area contributed by atoms with Crippen LogP contribution in [0.3, 0.4) is 0 Å². The van der Waals surface area contributed by atoms with Gasteiger partial charge in [-0.1, -0.05) is 11.6 Å². The maximum atomic E-state index is 11.0. The number of anilines is 1. The van der Waals surface area contributed by atoms with Gasteiger partial charge in [-0.15, -0.1) is 0 Å². The highest BCUT2D eigenvalue weighted by Gasteiger charge is 2.23. The Hall–Kier alpha value is -1.11. The first kappa shape index (κ1) is 15.3. The van der Waals surface area contributed by atoms with Crippen molar-refractivity contribution in [2.45, 2.75) is 44.6 Å². The van der Waals surface area contributed by atoms with Crippen molar-refractivity contribution in [2.24, 2.45) is 0 Å². The van der Waals surface area contributed by atoms with E-state index >= 15 is 0 Å². The smallest absolute Gasteiger partial charge is 0.373 e. The standard InChI is InChI=1S/C13H19BClN3O2/c1-14(20)18-11-4-2-10(3-5-11)17-12-6-13(15)16-7-9(12)8-19/h6-8,10-11,18,20H,2-5H2,1H3,(H,16,17). The molecule has 0 spiro atoms. The van der Waals surface area contributed by atoms with Gasteiger partial charge in [0.2, 0.25) is 0 Å². The fourth-order valence-electron chi connectivity index (χ4n) is 2.62. The molecule has 1 aromatic rings. The summed E-state index contributed by atoms with van der Waals surface area (Å²) in [7, 11) is -0.467. The fraction of sp³-hybridized carbons (Fsp3) is 0.538. The van der Waals surface area contributed by atoms with Crippen LogP contribution in [0.5, 0.6) is 0 Å². The van der Waals surface area contributed by atoms with Crippen LogP contribution < -0.4 is 10.5 Å². The number of aromatic nitrogens is 1. The van der Waals surface area contributed by atoms with Crippen LogP contribution in [-0.4, -0.2) is 35.4 Å². The van der Waals surface area contributed by atoms with Crippen LogP contribution in [0.2, 0.25) is 12.0 Å². The molecule has 108 valence electrons. The van der Waals surface area contributed by atoms with Crippen molar-refractivity contribution in [2.75, 3.05) is 5.32 Å². The van der Waals surface area contributed by atoms with Gasteiger partial charge in [0, 0.05) is 17.9 Å². The van der Waals surface area contributed by atoms with E-state index in [9.17, 15) is 9.82 Å². The van der Waals surface area contributed by atoms with E-state index in [4.69, 9.17) is 11.6 Å². The predicted octanol–water partition coefficient (Wildman–Crippen LogP) is 1.97. The quantitative estimate of drug-likeness (QED) is 0.440. The molecule has 1 heterocycles. The second-order valence-electron chi connectivity index (χ2n) is 5.25. The van der Waals surface area contributed by atoms with E-state index in [0.29, 0.717) is 22.8 Å². The van der Waals surface area contributed by atoms with E-state index in [2.05, 4.69) is 15.5 Å². The summed E-state index contributed by atoms with van der Waals surface area (Å²) in [5.74, 6) is 0. The molecule has 20 heavy (non-hydrogen) atoms. The maximum absolute atomic E-state index is 11.0. The third-order valence-corrected chi connectivity index (χ3v) is 3.80. The summed E-state index contributed by atoms with van der Waals surface area (Å²) in [5, 5.41) is 16.2. The van der Waals surface area contributed by atoms with Crippen LogP contribution in [0.15, 0.2) is 12.3 Å². The molecule has 2 rings (SSSR count). The number of hydrogen-bond acceptors (Lipinski definition) is 5. The number of nitrogens with one attached hydrogen (secondary N) is 2. The second-order valence-corrected chi connectivity index (χ2v) is 5.63. The summed E-state index contributed by atoms with van der Waals surface area (Å²) in [4.78, 5) is 14.9. The van der Waals surface area contributed by atoms with Crippen molar-refractivity contribution in [1.29, 1.82) is 0 Å². The predicted molar refractivity (Wildman–Crippen MR) is 81.3 cm³/mol. The topological polar surface area (TPSA) is 74.2 Å².